The van der Waals surface area contributed by atoms with Crippen LogP contribution < -0.4 is 0 Å². The van der Waals surface area contributed by atoms with Gasteiger partial charge in [0.15, 0.2) is 0 Å². The molecule has 1 unspecified atom stereocenters. The van der Waals surface area contributed by atoms with Crippen molar-refractivity contribution >= 4 is 10.1 Å². The van der Waals surface area contributed by atoms with Gasteiger partial charge in [-0.15, -0.1) is 6.58 Å². The summed E-state index contributed by atoms with van der Waals surface area (Å²) in [7, 11) is -2.25. The zero-order valence-corrected chi connectivity index (χ0v) is 13.3. The lowest BCUT2D eigenvalue weighted by atomic mass is 10.1. The second-order valence-corrected chi connectivity index (χ2v) is 6.86. The van der Waals surface area contributed by atoms with Crippen molar-refractivity contribution in [2.75, 3.05) is 25.9 Å². The zero-order valence-electron chi connectivity index (χ0n) is 12.5. The molecule has 0 radical (unpaired) electrons. The molecule has 0 aliphatic rings. The second-order valence-electron chi connectivity index (χ2n) is 5.36. The molecule has 0 aromatic carbocycles. The average molecular weight is 307 g/mol. The van der Waals surface area contributed by atoms with Gasteiger partial charge in [0.2, 0.25) is 0 Å². The maximum atomic E-state index is 10.6. The van der Waals surface area contributed by atoms with Crippen molar-refractivity contribution in [2.24, 2.45) is 0 Å². The van der Waals surface area contributed by atoms with Crippen LogP contribution in [-0.2, 0) is 10.1 Å². The predicted octanol–water partition coefficient (Wildman–Crippen LogP) is 2.08. The van der Waals surface area contributed by atoms with Crippen LogP contribution in [0.3, 0.4) is 0 Å². The van der Waals surface area contributed by atoms with Gasteiger partial charge in [0.25, 0.3) is 10.1 Å². The first kappa shape index (κ1) is 19.6. The molecule has 0 aromatic rings. The highest BCUT2D eigenvalue weighted by Crippen LogP contribution is 2.08. The Morgan fingerprint density at radius 1 is 1.15 bits per heavy atom. The van der Waals surface area contributed by atoms with Gasteiger partial charge in [-0.25, -0.2) is 0 Å². The summed E-state index contributed by atoms with van der Waals surface area (Å²) in [5.74, 6) is -0.597. The van der Waals surface area contributed by atoms with Crippen molar-refractivity contribution in [1.29, 1.82) is 0 Å². The topological polar surface area (TPSA) is 77.8 Å². The molecular weight excluding hydrogens is 278 g/mol. The van der Waals surface area contributed by atoms with E-state index in [1.165, 1.54) is 25.7 Å². The lowest BCUT2D eigenvalue weighted by molar-refractivity contribution is 0.141. The van der Waals surface area contributed by atoms with E-state index in [1.54, 1.807) is 0 Å². The largest absolute Gasteiger partial charge is 0.391 e. The van der Waals surface area contributed by atoms with Gasteiger partial charge in [-0.1, -0.05) is 31.8 Å². The van der Waals surface area contributed by atoms with Gasteiger partial charge in [0.05, 0.1) is 6.10 Å². The van der Waals surface area contributed by atoms with Crippen LogP contribution in [0, 0.1) is 0 Å². The molecule has 0 bridgehead atoms. The minimum absolute atomic E-state index is 0.263. The molecule has 0 amide bonds. The van der Waals surface area contributed by atoms with Crippen LogP contribution in [0.1, 0.15) is 44.9 Å². The summed E-state index contributed by atoms with van der Waals surface area (Å²) in [6, 6.07) is 0. The van der Waals surface area contributed by atoms with Crippen LogP contribution in [0.4, 0.5) is 0 Å². The van der Waals surface area contributed by atoms with E-state index < -0.39 is 22.0 Å². The molecule has 0 aliphatic heterocycles. The van der Waals surface area contributed by atoms with Crippen LogP contribution in [0.15, 0.2) is 12.7 Å². The van der Waals surface area contributed by atoms with Crippen molar-refractivity contribution in [3.63, 3.8) is 0 Å². The number of allylic oxidation sites excluding steroid dienone is 1. The number of hydrogen-bond acceptors (Lipinski definition) is 4. The molecular formula is C14H29NO4S. The molecule has 0 saturated carbocycles. The molecule has 0 spiro atoms. The minimum Gasteiger partial charge on any atom is -0.391 e. The van der Waals surface area contributed by atoms with Gasteiger partial charge in [-0.05, 0) is 32.9 Å². The standard InChI is InChI=1S/C14H29NO4S/c1-3-4-5-6-7-8-9-10-11-15(2)12-14(16)13-20(17,18)19/h3,14,16H,1,4-13H2,2H3,(H,17,18,19). The number of rotatable bonds is 13. The maximum absolute atomic E-state index is 10.6. The van der Waals surface area contributed by atoms with Gasteiger partial charge in [-0.2, -0.15) is 8.42 Å². The SMILES string of the molecule is C=CCCCCCCCCN(C)CC(O)CS(=O)(=O)O. The first-order valence-corrected chi connectivity index (χ1v) is 8.88. The fourth-order valence-electron chi connectivity index (χ4n) is 2.12. The summed E-state index contributed by atoms with van der Waals surface area (Å²) < 4.78 is 29.8. The van der Waals surface area contributed by atoms with Gasteiger partial charge in [0.1, 0.15) is 5.75 Å². The Hall–Kier alpha value is -0.430. The summed E-state index contributed by atoms with van der Waals surface area (Å²) in [6.07, 6.45) is 9.10. The molecule has 20 heavy (non-hydrogen) atoms. The number of nitrogens with zero attached hydrogens (tertiary/aromatic N) is 1. The summed E-state index contributed by atoms with van der Waals surface area (Å²) >= 11 is 0. The van der Waals surface area contributed by atoms with E-state index in [-0.39, 0.29) is 6.54 Å². The third-order valence-electron chi connectivity index (χ3n) is 3.12. The molecule has 1 atom stereocenters. The molecule has 2 N–H and O–H groups in total. The Labute approximate surface area is 123 Å². The smallest absolute Gasteiger partial charge is 0.267 e. The van der Waals surface area contributed by atoms with Gasteiger partial charge < -0.3 is 10.0 Å². The van der Waals surface area contributed by atoms with Crippen LogP contribution in [0.2, 0.25) is 0 Å². The quantitative estimate of drug-likeness (QED) is 0.309. The van der Waals surface area contributed by atoms with Gasteiger partial charge >= 0.3 is 0 Å². The second kappa shape index (κ2) is 11.3. The lowest BCUT2D eigenvalue weighted by Gasteiger charge is -2.19. The molecule has 0 aromatic heterocycles. The third kappa shape index (κ3) is 14.0. The molecule has 120 valence electrons. The number of aliphatic hydroxyl groups is 1. The van der Waals surface area contributed by atoms with Gasteiger partial charge in [0, 0.05) is 6.54 Å². The maximum Gasteiger partial charge on any atom is 0.267 e. The van der Waals surface area contributed by atoms with E-state index in [0.717, 1.165) is 25.8 Å². The minimum atomic E-state index is -4.09. The van der Waals surface area contributed by atoms with Crippen LogP contribution in [-0.4, -0.2) is 55.0 Å². The van der Waals surface area contributed by atoms with Crippen LogP contribution in [0.5, 0.6) is 0 Å². The van der Waals surface area contributed by atoms with E-state index in [9.17, 15) is 13.5 Å². The molecule has 0 aliphatic carbocycles. The van der Waals surface area contributed by atoms with E-state index in [0.29, 0.717) is 0 Å². The highest BCUT2D eigenvalue weighted by molar-refractivity contribution is 7.85. The summed E-state index contributed by atoms with van der Waals surface area (Å²) in [4.78, 5) is 1.90. The van der Waals surface area contributed by atoms with Crippen LogP contribution >= 0.6 is 0 Å². The summed E-state index contributed by atoms with van der Waals surface area (Å²) in [5, 5.41) is 9.49. The molecule has 0 saturated heterocycles. The average Bonchev–Trinajstić information content (AvgIpc) is 2.30. The number of unbranched alkanes of at least 4 members (excludes halogenated alkanes) is 6. The monoisotopic (exact) mass is 307 g/mol. The van der Waals surface area contributed by atoms with Crippen molar-refractivity contribution in [1.82, 2.24) is 4.90 Å². The fraction of sp³-hybridized carbons (Fsp3) is 0.857. The number of likely N-dealkylation sites (N-methyl/N-ethyl adjacent to an activating group) is 1. The Morgan fingerprint density at radius 2 is 1.70 bits per heavy atom. The van der Waals surface area contributed by atoms with E-state index in [2.05, 4.69) is 6.58 Å². The Balaban J connectivity index is 3.49. The lowest BCUT2D eigenvalue weighted by Crippen LogP contribution is -2.34. The van der Waals surface area contributed by atoms with Crippen molar-refractivity contribution < 1.29 is 18.1 Å². The van der Waals surface area contributed by atoms with Crippen molar-refractivity contribution in [2.45, 2.75) is 51.0 Å². The third-order valence-corrected chi connectivity index (χ3v) is 3.93. The number of hydrogen-bond donors (Lipinski definition) is 2. The molecule has 0 fully saturated rings. The normalized spacial score (nSPS) is 13.6. The Kier molecular flexibility index (Phi) is 11.0. The summed E-state index contributed by atoms with van der Waals surface area (Å²) in [5.41, 5.74) is 0. The predicted molar refractivity (Wildman–Crippen MR) is 82.4 cm³/mol. The molecule has 5 nitrogen and oxygen atoms in total. The van der Waals surface area contributed by atoms with Crippen LogP contribution in [0.25, 0.3) is 0 Å². The first-order valence-electron chi connectivity index (χ1n) is 7.28. The molecule has 0 heterocycles. The number of aliphatic hydroxyl groups excluding tert-OH is 1. The van der Waals surface area contributed by atoms with Gasteiger partial charge in [-0.3, -0.25) is 4.55 Å². The highest BCUT2D eigenvalue weighted by atomic mass is 32.2. The van der Waals surface area contributed by atoms with Crippen molar-refractivity contribution in [3.8, 4) is 0 Å². The Bertz CT molecular complexity index is 343. The highest BCUT2D eigenvalue weighted by Gasteiger charge is 2.15. The fourth-order valence-corrected chi connectivity index (χ4v) is 2.72. The van der Waals surface area contributed by atoms with E-state index in [4.69, 9.17) is 4.55 Å². The first-order chi connectivity index (χ1) is 9.35. The zero-order chi connectivity index (χ0) is 15.4. The van der Waals surface area contributed by atoms with E-state index >= 15 is 0 Å². The Morgan fingerprint density at radius 3 is 2.25 bits per heavy atom. The molecule has 6 heteroatoms. The van der Waals surface area contributed by atoms with Crippen molar-refractivity contribution in [3.05, 3.63) is 12.7 Å². The summed E-state index contributed by atoms with van der Waals surface area (Å²) in [6.45, 7) is 4.79. The molecule has 0 rings (SSSR count). The van der Waals surface area contributed by atoms with E-state index in [1.807, 2.05) is 18.0 Å².